The summed E-state index contributed by atoms with van der Waals surface area (Å²) >= 11 is 0. The number of aromatic nitrogens is 3. The van der Waals surface area contributed by atoms with Crippen LogP contribution >= 0.6 is 0 Å². The third kappa shape index (κ3) is 4.26. The summed E-state index contributed by atoms with van der Waals surface area (Å²) in [5, 5.41) is 0. The highest BCUT2D eigenvalue weighted by atomic mass is 16.2. The lowest BCUT2D eigenvalue weighted by atomic mass is 9.93. The second-order valence-electron chi connectivity index (χ2n) is 7.51. The summed E-state index contributed by atoms with van der Waals surface area (Å²) in [4.78, 5) is 38.8. The van der Waals surface area contributed by atoms with E-state index in [0.29, 0.717) is 18.5 Å². The van der Waals surface area contributed by atoms with Crippen LogP contribution in [0.2, 0.25) is 0 Å². The van der Waals surface area contributed by atoms with Crippen LogP contribution in [0.4, 0.5) is 5.69 Å². The van der Waals surface area contributed by atoms with Crippen molar-refractivity contribution in [3.63, 3.8) is 0 Å². The van der Waals surface area contributed by atoms with Gasteiger partial charge in [0, 0.05) is 17.9 Å². The number of allylic oxidation sites excluding steroid dienone is 4. The van der Waals surface area contributed by atoms with E-state index in [-0.39, 0.29) is 25.6 Å². The minimum absolute atomic E-state index is 0.0737. The number of hydrogen-bond donors (Lipinski definition) is 2. The lowest BCUT2D eigenvalue weighted by molar-refractivity contribution is 0.462. The van der Waals surface area contributed by atoms with Crippen molar-refractivity contribution in [2.75, 3.05) is 5.73 Å². The van der Waals surface area contributed by atoms with E-state index in [1.165, 1.54) is 0 Å². The number of benzene rings is 1. The summed E-state index contributed by atoms with van der Waals surface area (Å²) in [5.41, 5.74) is 12.9. The molecule has 29 heavy (non-hydrogen) atoms. The molecule has 8 nitrogen and oxygen atoms in total. The van der Waals surface area contributed by atoms with E-state index in [1.54, 1.807) is 24.3 Å². The van der Waals surface area contributed by atoms with Crippen LogP contribution in [-0.2, 0) is 19.6 Å². The first-order chi connectivity index (χ1) is 13.8. The van der Waals surface area contributed by atoms with Crippen LogP contribution in [-0.4, -0.2) is 13.7 Å². The van der Waals surface area contributed by atoms with E-state index in [1.807, 2.05) is 26.0 Å². The van der Waals surface area contributed by atoms with Gasteiger partial charge in [-0.25, -0.2) is 28.1 Å². The van der Waals surface area contributed by atoms with Gasteiger partial charge in [-0.2, -0.15) is 0 Å². The number of rotatable bonds is 6. The lowest BCUT2D eigenvalue weighted by Gasteiger charge is -2.20. The highest BCUT2D eigenvalue weighted by molar-refractivity contribution is 5.39. The highest BCUT2D eigenvalue weighted by Crippen LogP contribution is 2.22. The third-order valence-electron chi connectivity index (χ3n) is 5.16. The summed E-state index contributed by atoms with van der Waals surface area (Å²) in [6.07, 6.45) is 4.93. The molecule has 1 heterocycles. The Morgan fingerprint density at radius 3 is 2.07 bits per heavy atom. The molecule has 0 aliphatic heterocycles. The minimum atomic E-state index is -0.611. The molecule has 2 aromatic rings. The summed E-state index contributed by atoms with van der Waals surface area (Å²) < 4.78 is 3.39. The molecule has 0 radical (unpaired) electrons. The van der Waals surface area contributed by atoms with E-state index >= 15 is 0 Å². The number of nitrogen functional groups attached to an aromatic ring is 1. The van der Waals surface area contributed by atoms with Gasteiger partial charge < -0.3 is 11.5 Å². The number of hydrogen-bond acceptors (Lipinski definition) is 5. The molecular formula is C21H27N5O3. The topological polar surface area (TPSA) is 118 Å². The molecule has 1 unspecified atom stereocenters. The molecule has 154 valence electrons. The molecule has 1 aliphatic carbocycles. The predicted molar refractivity (Wildman–Crippen MR) is 114 cm³/mol. The van der Waals surface area contributed by atoms with Crippen LogP contribution in [0.1, 0.15) is 32.3 Å². The smallest absolute Gasteiger partial charge is 0.336 e. The first-order valence-electron chi connectivity index (χ1n) is 9.75. The Bertz CT molecular complexity index is 1130. The quantitative estimate of drug-likeness (QED) is 0.706. The Morgan fingerprint density at radius 2 is 1.48 bits per heavy atom. The maximum absolute atomic E-state index is 13.1. The van der Waals surface area contributed by atoms with Crippen molar-refractivity contribution in [2.24, 2.45) is 11.7 Å². The Kier molecular flexibility index (Phi) is 5.91. The molecule has 0 fully saturated rings. The zero-order valence-corrected chi connectivity index (χ0v) is 16.8. The maximum atomic E-state index is 13.1. The van der Waals surface area contributed by atoms with E-state index in [2.05, 4.69) is 0 Å². The van der Waals surface area contributed by atoms with Crippen LogP contribution in [0.25, 0.3) is 0 Å². The van der Waals surface area contributed by atoms with Gasteiger partial charge in [-0.05, 0) is 48.1 Å². The van der Waals surface area contributed by atoms with E-state index in [4.69, 9.17) is 11.5 Å². The standard InChI is InChI=1S/C21H27N5O3/c1-3-10-24-19(27)25(12-15-4-7-17(22)8-5-15)21(29)26(20(24)28)13-16-6-9-18(23)14(2)11-16/h4-9,14H,3,10-13,22-23H2,1-2H3. The predicted octanol–water partition coefficient (Wildman–Crippen LogP) is 1.02. The zero-order valence-electron chi connectivity index (χ0n) is 16.8. The largest absolute Gasteiger partial charge is 0.402 e. The average molecular weight is 397 g/mol. The van der Waals surface area contributed by atoms with Gasteiger partial charge in [0.1, 0.15) is 0 Å². The van der Waals surface area contributed by atoms with Gasteiger partial charge in [0.25, 0.3) is 0 Å². The van der Waals surface area contributed by atoms with Crippen LogP contribution in [0, 0.1) is 5.92 Å². The van der Waals surface area contributed by atoms with Gasteiger partial charge in [-0.3, -0.25) is 0 Å². The van der Waals surface area contributed by atoms with Gasteiger partial charge in [0.15, 0.2) is 0 Å². The number of nitrogens with two attached hydrogens (primary N) is 2. The fourth-order valence-electron chi connectivity index (χ4n) is 3.45. The molecule has 0 spiro atoms. The molecule has 0 amide bonds. The maximum Gasteiger partial charge on any atom is 0.336 e. The Labute approximate surface area is 168 Å². The molecule has 0 saturated carbocycles. The highest BCUT2D eigenvalue weighted by Gasteiger charge is 2.19. The van der Waals surface area contributed by atoms with Gasteiger partial charge in [-0.1, -0.05) is 32.1 Å². The van der Waals surface area contributed by atoms with E-state index < -0.39 is 17.1 Å². The molecular weight excluding hydrogens is 370 g/mol. The molecule has 4 N–H and O–H groups in total. The zero-order chi connectivity index (χ0) is 21.1. The monoisotopic (exact) mass is 397 g/mol. The molecule has 1 aliphatic rings. The third-order valence-corrected chi connectivity index (χ3v) is 5.16. The second-order valence-corrected chi connectivity index (χ2v) is 7.51. The first kappa shape index (κ1) is 20.4. The fraction of sp³-hybridized carbons (Fsp3) is 0.381. The van der Waals surface area contributed by atoms with Gasteiger partial charge in [-0.15, -0.1) is 0 Å². The van der Waals surface area contributed by atoms with Crippen molar-refractivity contribution in [1.29, 1.82) is 0 Å². The summed E-state index contributed by atoms with van der Waals surface area (Å²) in [5.74, 6) is 0.143. The summed E-state index contributed by atoms with van der Waals surface area (Å²) in [7, 11) is 0. The average Bonchev–Trinajstić information content (AvgIpc) is 2.70. The van der Waals surface area contributed by atoms with Crippen LogP contribution < -0.4 is 28.5 Å². The Balaban J connectivity index is 2.09. The number of anilines is 1. The first-order valence-corrected chi connectivity index (χ1v) is 9.75. The summed E-state index contributed by atoms with van der Waals surface area (Å²) in [6, 6.07) is 6.96. The van der Waals surface area contributed by atoms with Crippen LogP contribution in [0.3, 0.4) is 0 Å². The second kappa shape index (κ2) is 8.38. The minimum Gasteiger partial charge on any atom is -0.402 e. The van der Waals surface area contributed by atoms with Crippen molar-refractivity contribution in [1.82, 2.24) is 13.7 Å². The van der Waals surface area contributed by atoms with Gasteiger partial charge in [0.05, 0.1) is 13.1 Å². The van der Waals surface area contributed by atoms with Crippen molar-refractivity contribution in [2.45, 2.75) is 46.3 Å². The fourth-order valence-corrected chi connectivity index (χ4v) is 3.45. The molecule has 0 saturated heterocycles. The van der Waals surface area contributed by atoms with Crippen molar-refractivity contribution in [3.05, 3.63) is 84.7 Å². The van der Waals surface area contributed by atoms with Crippen LogP contribution in [0.15, 0.2) is 62.1 Å². The van der Waals surface area contributed by atoms with Gasteiger partial charge in [0.2, 0.25) is 0 Å². The normalized spacial score (nSPS) is 16.4. The van der Waals surface area contributed by atoms with E-state index in [0.717, 1.165) is 30.5 Å². The molecule has 0 bridgehead atoms. The molecule has 1 atom stereocenters. The van der Waals surface area contributed by atoms with Crippen molar-refractivity contribution in [3.8, 4) is 0 Å². The molecule has 8 heteroatoms. The molecule has 3 rings (SSSR count). The number of nitrogens with zero attached hydrogens (tertiary/aromatic N) is 3. The lowest BCUT2D eigenvalue weighted by Crippen LogP contribution is -2.54. The van der Waals surface area contributed by atoms with Gasteiger partial charge >= 0.3 is 17.1 Å². The molecule has 1 aromatic heterocycles. The van der Waals surface area contributed by atoms with Crippen molar-refractivity contribution >= 4 is 5.69 Å². The van der Waals surface area contributed by atoms with E-state index in [9.17, 15) is 14.4 Å². The van der Waals surface area contributed by atoms with Crippen molar-refractivity contribution < 1.29 is 0 Å². The molecule has 1 aromatic carbocycles. The Hall–Kier alpha value is -3.29. The Morgan fingerprint density at radius 1 is 0.897 bits per heavy atom. The summed E-state index contributed by atoms with van der Waals surface area (Å²) in [6.45, 7) is 4.34. The van der Waals surface area contributed by atoms with Crippen LogP contribution in [0.5, 0.6) is 0 Å². The SMILES string of the molecule is CCCn1c(=O)n(CC2=CC=C(N)C(C)C2)c(=O)n(Cc2ccc(N)cc2)c1=O.